The number of likely N-dealkylation sites (N-methyl/N-ethyl adjacent to an activating group) is 1. The Kier molecular flexibility index (Phi) is 2.94. The van der Waals surface area contributed by atoms with E-state index in [1.807, 2.05) is 0 Å². The van der Waals surface area contributed by atoms with Crippen molar-refractivity contribution in [3.05, 3.63) is 29.7 Å². The van der Waals surface area contributed by atoms with Crippen molar-refractivity contribution in [3.63, 3.8) is 0 Å². The molecular weight excluding hydrogens is 244 g/mol. The first-order chi connectivity index (χ1) is 9.19. The average Bonchev–Trinajstić information content (AvgIpc) is 3.03. The zero-order valence-corrected chi connectivity index (χ0v) is 10.8. The highest BCUT2D eigenvalue weighted by molar-refractivity contribution is 5.86. The van der Waals surface area contributed by atoms with Crippen molar-refractivity contribution >= 4 is 11.6 Å². The maximum Gasteiger partial charge on any atom is 0.354 e. The molecule has 6 nitrogen and oxygen atoms in total. The Balaban J connectivity index is 1.98. The quantitative estimate of drug-likeness (QED) is 0.899. The van der Waals surface area contributed by atoms with E-state index in [1.165, 1.54) is 4.52 Å². The molecule has 1 N–H and O–H groups in total. The van der Waals surface area contributed by atoms with Crippen LogP contribution in [0.15, 0.2) is 18.2 Å². The van der Waals surface area contributed by atoms with Gasteiger partial charge in [0, 0.05) is 12.5 Å². The van der Waals surface area contributed by atoms with E-state index >= 15 is 0 Å². The van der Waals surface area contributed by atoms with Crippen LogP contribution in [0.2, 0.25) is 0 Å². The summed E-state index contributed by atoms with van der Waals surface area (Å²) in [6, 6.07) is 5.03. The number of carboxylic acid groups (broad SMARTS) is 1. The third kappa shape index (κ3) is 2.08. The molecule has 0 saturated carbocycles. The molecule has 1 aliphatic heterocycles. The molecule has 1 saturated heterocycles. The Morgan fingerprint density at radius 1 is 1.53 bits per heavy atom. The first kappa shape index (κ1) is 12.1. The molecule has 100 valence electrons. The summed E-state index contributed by atoms with van der Waals surface area (Å²) in [4.78, 5) is 18.0. The zero-order valence-electron chi connectivity index (χ0n) is 10.8. The molecule has 19 heavy (non-hydrogen) atoms. The van der Waals surface area contributed by atoms with E-state index in [1.54, 1.807) is 18.2 Å². The Labute approximate surface area is 110 Å². The van der Waals surface area contributed by atoms with E-state index in [-0.39, 0.29) is 5.69 Å². The summed E-state index contributed by atoms with van der Waals surface area (Å²) in [6.07, 6.45) is 1.03. The molecule has 2 aromatic rings. The third-order valence-corrected chi connectivity index (χ3v) is 3.68. The van der Waals surface area contributed by atoms with Crippen LogP contribution in [0.4, 0.5) is 0 Å². The molecule has 0 aliphatic carbocycles. The van der Waals surface area contributed by atoms with Gasteiger partial charge in [-0.25, -0.2) is 14.3 Å². The first-order valence-electron chi connectivity index (χ1n) is 6.50. The molecule has 1 fully saturated rings. The van der Waals surface area contributed by atoms with E-state index in [0.717, 1.165) is 31.9 Å². The lowest BCUT2D eigenvalue weighted by molar-refractivity contribution is 0.0687. The number of aromatic nitrogens is 3. The summed E-state index contributed by atoms with van der Waals surface area (Å²) < 4.78 is 1.42. The van der Waals surface area contributed by atoms with Crippen LogP contribution in [0.3, 0.4) is 0 Å². The van der Waals surface area contributed by atoms with Gasteiger partial charge >= 0.3 is 5.97 Å². The minimum Gasteiger partial charge on any atom is -0.477 e. The molecular formula is C13H16N4O2. The molecule has 2 aromatic heterocycles. The number of likely N-dealkylation sites (tertiary alicyclic amines) is 1. The lowest BCUT2D eigenvalue weighted by Gasteiger charge is -2.10. The van der Waals surface area contributed by atoms with Crippen molar-refractivity contribution in [2.75, 3.05) is 19.6 Å². The molecule has 1 aliphatic rings. The summed E-state index contributed by atoms with van der Waals surface area (Å²) in [5, 5.41) is 13.5. The van der Waals surface area contributed by atoms with Gasteiger partial charge in [0.15, 0.2) is 17.2 Å². The van der Waals surface area contributed by atoms with Crippen LogP contribution in [0.5, 0.6) is 0 Å². The SMILES string of the molecule is CCN1CCC(c2nc3cccc(C(=O)O)n3n2)C1. The van der Waals surface area contributed by atoms with Gasteiger partial charge in [0.05, 0.1) is 0 Å². The summed E-state index contributed by atoms with van der Waals surface area (Å²) >= 11 is 0. The van der Waals surface area contributed by atoms with Gasteiger partial charge in [-0.3, -0.25) is 0 Å². The molecule has 3 rings (SSSR count). The third-order valence-electron chi connectivity index (χ3n) is 3.68. The molecule has 0 bridgehead atoms. The molecule has 3 heterocycles. The fourth-order valence-corrected chi connectivity index (χ4v) is 2.59. The van der Waals surface area contributed by atoms with Crippen molar-refractivity contribution < 1.29 is 9.90 Å². The van der Waals surface area contributed by atoms with Gasteiger partial charge in [-0.05, 0) is 31.6 Å². The fraction of sp³-hybridized carbons (Fsp3) is 0.462. The second-order valence-corrected chi connectivity index (χ2v) is 4.84. The van der Waals surface area contributed by atoms with Gasteiger partial charge in [-0.15, -0.1) is 0 Å². The average molecular weight is 260 g/mol. The Morgan fingerprint density at radius 2 is 2.37 bits per heavy atom. The van der Waals surface area contributed by atoms with Gasteiger partial charge in [0.1, 0.15) is 0 Å². The summed E-state index contributed by atoms with van der Waals surface area (Å²) in [6.45, 7) is 5.19. The second-order valence-electron chi connectivity index (χ2n) is 4.84. The molecule has 1 unspecified atom stereocenters. The van der Waals surface area contributed by atoms with Crippen LogP contribution in [-0.4, -0.2) is 50.2 Å². The smallest absolute Gasteiger partial charge is 0.354 e. The Hall–Kier alpha value is -1.95. The number of aromatic carboxylic acids is 1. The van der Waals surface area contributed by atoms with Gasteiger partial charge in [0.2, 0.25) is 0 Å². The number of carbonyl (C=O) groups is 1. The lowest BCUT2D eigenvalue weighted by atomic mass is 10.1. The van der Waals surface area contributed by atoms with Gasteiger partial charge < -0.3 is 10.0 Å². The monoisotopic (exact) mass is 260 g/mol. The van der Waals surface area contributed by atoms with E-state index < -0.39 is 5.97 Å². The number of fused-ring (bicyclic) bond motifs is 1. The maximum absolute atomic E-state index is 11.1. The van der Waals surface area contributed by atoms with E-state index in [4.69, 9.17) is 5.11 Å². The predicted molar refractivity (Wildman–Crippen MR) is 69.4 cm³/mol. The van der Waals surface area contributed by atoms with Crippen molar-refractivity contribution in [2.24, 2.45) is 0 Å². The fourth-order valence-electron chi connectivity index (χ4n) is 2.59. The molecule has 0 amide bonds. The standard InChI is InChI=1S/C13H16N4O2/c1-2-16-7-6-9(8-16)12-14-11-5-3-4-10(13(18)19)17(11)15-12/h3-5,9H,2,6-8H2,1H3,(H,18,19). The highest BCUT2D eigenvalue weighted by atomic mass is 16.4. The largest absolute Gasteiger partial charge is 0.477 e. The van der Waals surface area contributed by atoms with Crippen LogP contribution in [0.25, 0.3) is 5.65 Å². The minimum atomic E-state index is -0.983. The number of hydrogen-bond donors (Lipinski definition) is 1. The van der Waals surface area contributed by atoms with Crippen LogP contribution in [-0.2, 0) is 0 Å². The zero-order chi connectivity index (χ0) is 13.4. The van der Waals surface area contributed by atoms with Crippen LogP contribution in [0, 0.1) is 0 Å². The Bertz CT molecular complexity index is 622. The van der Waals surface area contributed by atoms with Crippen LogP contribution in [0.1, 0.15) is 35.6 Å². The number of nitrogens with zero attached hydrogens (tertiary/aromatic N) is 4. The van der Waals surface area contributed by atoms with E-state index in [0.29, 0.717) is 11.6 Å². The number of hydrogen-bond acceptors (Lipinski definition) is 4. The molecule has 1 atom stereocenters. The first-order valence-corrected chi connectivity index (χ1v) is 6.50. The van der Waals surface area contributed by atoms with E-state index in [2.05, 4.69) is 21.9 Å². The molecule has 0 aromatic carbocycles. The molecule has 0 spiro atoms. The van der Waals surface area contributed by atoms with Crippen molar-refractivity contribution in [2.45, 2.75) is 19.3 Å². The highest BCUT2D eigenvalue weighted by Gasteiger charge is 2.26. The summed E-state index contributed by atoms with van der Waals surface area (Å²) in [5.74, 6) is 0.0785. The maximum atomic E-state index is 11.1. The summed E-state index contributed by atoms with van der Waals surface area (Å²) in [7, 11) is 0. The topological polar surface area (TPSA) is 70.7 Å². The van der Waals surface area contributed by atoms with Crippen LogP contribution >= 0.6 is 0 Å². The van der Waals surface area contributed by atoms with Gasteiger partial charge in [0.25, 0.3) is 0 Å². The van der Waals surface area contributed by atoms with Crippen molar-refractivity contribution in [1.82, 2.24) is 19.5 Å². The van der Waals surface area contributed by atoms with E-state index in [9.17, 15) is 4.79 Å². The second kappa shape index (κ2) is 4.62. The number of rotatable bonds is 3. The van der Waals surface area contributed by atoms with Gasteiger partial charge in [-0.2, -0.15) is 5.10 Å². The number of carboxylic acids is 1. The minimum absolute atomic E-state index is 0.154. The van der Waals surface area contributed by atoms with Crippen molar-refractivity contribution in [1.29, 1.82) is 0 Å². The predicted octanol–water partition coefficient (Wildman–Crippen LogP) is 1.24. The number of pyridine rings is 1. The lowest BCUT2D eigenvalue weighted by Crippen LogP contribution is -2.19. The summed E-state index contributed by atoms with van der Waals surface area (Å²) in [5.41, 5.74) is 0.756. The van der Waals surface area contributed by atoms with Crippen LogP contribution < -0.4 is 0 Å². The van der Waals surface area contributed by atoms with Gasteiger partial charge in [-0.1, -0.05) is 13.0 Å². The molecule has 6 heteroatoms. The van der Waals surface area contributed by atoms with Crippen molar-refractivity contribution in [3.8, 4) is 0 Å². The normalized spacial score (nSPS) is 20.2. The molecule has 0 radical (unpaired) electrons. The highest BCUT2D eigenvalue weighted by Crippen LogP contribution is 2.25. The Morgan fingerprint density at radius 3 is 3.05 bits per heavy atom.